The van der Waals surface area contributed by atoms with Gasteiger partial charge in [0.05, 0.1) is 0 Å². The number of phenols is 2. The zero-order valence-corrected chi connectivity index (χ0v) is 9.76. The molecule has 0 amide bonds. The molecule has 3 nitrogen and oxygen atoms in total. The number of benzene rings is 2. The minimum Gasteiger partial charge on any atom is -0.504 e. The number of hydrogen-bond donors (Lipinski definition) is 2. The summed E-state index contributed by atoms with van der Waals surface area (Å²) in [6, 6.07) is 12.1. The fourth-order valence-electron chi connectivity index (χ4n) is 1.75. The van der Waals surface area contributed by atoms with E-state index in [1.807, 2.05) is 18.4 Å². The topological polar surface area (TPSA) is 57.5 Å². The predicted octanol–water partition coefficient (Wildman–Crippen LogP) is 2.34. The van der Waals surface area contributed by atoms with Crippen molar-refractivity contribution in [3.8, 4) is 11.5 Å². The van der Waals surface area contributed by atoms with Crippen LogP contribution in [0.5, 0.6) is 11.5 Å². The van der Waals surface area contributed by atoms with Crippen LogP contribution in [0.15, 0.2) is 42.5 Å². The smallest absolute Gasteiger partial charge is 0.233 e. The summed E-state index contributed by atoms with van der Waals surface area (Å²) in [4.78, 5) is 10.4. The third-order valence-corrected chi connectivity index (χ3v) is 2.81. The van der Waals surface area contributed by atoms with Crippen molar-refractivity contribution in [1.29, 1.82) is 0 Å². The molecule has 0 aliphatic carbocycles. The highest BCUT2D eigenvalue weighted by atomic mass is 16.3. The van der Waals surface area contributed by atoms with Crippen molar-refractivity contribution in [3.63, 3.8) is 0 Å². The van der Waals surface area contributed by atoms with Crippen molar-refractivity contribution >= 4 is 6.29 Å². The first-order chi connectivity index (χ1) is 8.69. The van der Waals surface area contributed by atoms with Crippen molar-refractivity contribution in [1.82, 2.24) is 0 Å². The summed E-state index contributed by atoms with van der Waals surface area (Å²) in [5, 5.41) is 18.6. The van der Waals surface area contributed by atoms with E-state index in [4.69, 9.17) is 0 Å². The molecule has 0 heterocycles. The second-order valence-electron chi connectivity index (χ2n) is 4.12. The monoisotopic (exact) mass is 241 g/mol. The molecular formula is C15H13O3. The van der Waals surface area contributed by atoms with Gasteiger partial charge in [0.15, 0.2) is 11.5 Å². The van der Waals surface area contributed by atoms with Crippen molar-refractivity contribution in [3.05, 3.63) is 59.2 Å². The molecule has 0 aromatic heterocycles. The van der Waals surface area contributed by atoms with E-state index >= 15 is 0 Å². The Morgan fingerprint density at radius 3 is 2.06 bits per heavy atom. The maximum absolute atomic E-state index is 10.4. The Morgan fingerprint density at radius 2 is 1.44 bits per heavy atom. The molecule has 2 rings (SSSR count). The lowest BCUT2D eigenvalue weighted by Crippen LogP contribution is -1.92. The highest BCUT2D eigenvalue weighted by Gasteiger charge is 2.01. The summed E-state index contributed by atoms with van der Waals surface area (Å²) in [6.07, 6.45) is 3.40. The van der Waals surface area contributed by atoms with E-state index in [0.29, 0.717) is 5.56 Å². The molecule has 3 heteroatoms. The van der Waals surface area contributed by atoms with Crippen molar-refractivity contribution in [2.45, 2.75) is 12.8 Å². The molecule has 0 fully saturated rings. The molecule has 0 atom stereocenters. The normalized spacial score (nSPS) is 10.2. The van der Waals surface area contributed by atoms with Gasteiger partial charge >= 0.3 is 0 Å². The molecule has 91 valence electrons. The van der Waals surface area contributed by atoms with Gasteiger partial charge in [-0.1, -0.05) is 30.3 Å². The molecule has 1 radical (unpaired) electrons. The first-order valence-corrected chi connectivity index (χ1v) is 5.67. The quantitative estimate of drug-likeness (QED) is 0.808. The fraction of sp³-hybridized carbons (Fsp3) is 0.133. The van der Waals surface area contributed by atoms with Gasteiger partial charge in [-0.15, -0.1) is 0 Å². The van der Waals surface area contributed by atoms with Crippen LogP contribution in [0.25, 0.3) is 0 Å². The van der Waals surface area contributed by atoms with Gasteiger partial charge in [0.1, 0.15) is 0 Å². The van der Waals surface area contributed by atoms with Crippen molar-refractivity contribution in [2.24, 2.45) is 0 Å². The van der Waals surface area contributed by atoms with E-state index in [-0.39, 0.29) is 11.5 Å². The third kappa shape index (κ3) is 2.88. The molecule has 0 unspecified atom stereocenters. The van der Waals surface area contributed by atoms with Gasteiger partial charge in [0, 0.05) is 5.56 Å². The van der Waals surface area contributed by atoms with E-state index in [9.17, 15) is 15.0 Å². The first kappa shape index (κ1) is 12.2. The minimum atomic E-state index is -0.107. The first-order valence-electron chi connectivity index (χ1n) is 5.67. The largest absolute Gasteiger partial charge is 0.504 e. The lowest BCUT2D eigenvalue weighted by atomic mass is 10.0. The molecule has 0 aliphatic rings. The SMILES string of the molecule is O=[C]c1ccc(CCc2ccc(O)c(O)c2)cc1. The number of carbonyl (C=O) groups excluding carboxylic acids is 1. The summed E-state index contributed by atoms with van der Waals surface area (Å²) in [7, 11) is 0. The van der Waals surface area contributed by atoms with E-state index in [1.165, 1.54) is 6.07 Å². The average Bonchev–Trinajstić information content (AvgIpc) is 2.41. The molecule has 0 aliphatic heterocycles. The van der Waals surface area contributed by atoms with Crippen LogP contribution in [-0.2, 0) is 17.6 Å². The highest BCUT2D eigenvalue weighted by molar-refractivity contribution is 5.75. The maximum Gasteiger partial charge on any atom is 0.233 e. The summed E-state index contributed by atoms with van der Waals surface area (Å²) in [5.74, 6) is -0.206. The van der Waals surface area contributed by atoms with Crippen LogP contribution in [0.1, 0.15) is 16.7 Å². The van der Waals surface area contributed by atoms with Crippen molar-refractivity contribution in [2.75, 3.05) is 0 Å². The second-order valence-corrected chi connectivity index (χ2v) is 4.12. The van der Waals surface area contributed by atoms with Crippen LogP contribution < -0.4 is 0 Å². The number of aryl methyl sites for hydroxylation is 2. The lowest BCUT2D eigenvalue weighted by molar-refractivity contribution is 0.403. The Balaban J connectivity index is 2.01. The van der Waals surface area contributed by atoms with Gasteiger partial charge in [-0.25, -0.2) is 0 Å². The molecule has 0 saturated heterocycles. The van der Waals surface area contributed by atoms with Crippen LogP contribution >= 0.6 is 0 Å². The molecule has 18 heavy (non-hydrogen) atoms. The Bertz CT molecular complexity index is 544. The molecule has 0 saturated carbocycles. The van der Waals surface area contributed by atoms with Crippen LogP contribution in [0, 0.1) is 0 Å². The third-order valence-electron chi connectivity index (χ3n) is 2.81. The van der Waals surface area contributed by atoms with Crippen LogP contribution in [0.2, 0.25) is 0 Å². The Kier molecular flexibility index (Phi) is 3.63. The van der Waals surface area contributed by atoms with Gasteiger partial charge in [-0.2, -0.15) is 0 Å². The predicted molar refractivity (Wildman–Crippen MR) is 68.4 cm³/mol. The van der Waals surface area contributed by atoms with Gasteiger partial charge in [0.2, 0.25) is 6.29 Å². The van der Waals surface area contributed by atoms with Gasteiger partial charge in [0.25, 0.3) is 0 Å². The molecular weight excluding hydrogens is 228 g/mol. The Hall–Kier alpha value is -2.29. The summed E-state index contributed by atoms with van der Waals surface area (Å²) >= 11 is 0. The maximum atomic E-state index is 10.4. The Morgan fingerprint density at radius 1 is 0.833 bits per heavy atom. The summed E-state index contributed by atoms with van der Waals surface area (Å²) < 4.78 is 0. The molecule has 2 N–H and O–H groups in total. The van der Waals surface area contributed by atoms with Crippen molar-refractivity contribution < 1.29 is 15.0 Å². The van der Waals surface area contributed by atoms with Gasteiger partial charge in [-0.05, 0) is 36.1 Å². The molecule has 0 bridgehead atoms. The standard InChI is InChI=1S/C15H13O3/c16-10-13-5-2-11(3-6-13)1-4-12-7-8-14(17)15(18)9-12/h2-3,5-9,17-18H,1,4H2. The highest BCUT2D eigenvalue weighted by Crippen LogP contribution is 2.25. The second kappa shape index (κ2) is 5.36. The number of phenolic OH excluding ortho intramolecular Hbond substituents is 2. The zero-order chi connectivity index (χ0) is 13.0. The number of rotatable bonds is 4. The molecule has 2 aromatic rings. The number of hydrogen-bond acceptors (Lipinski definition) is 3. The van der Waals surface area contributed by atoms with Crippen LogP contribution in [-0.4, -0.2) is 16.5 Å². The Labute approximate surface area is 105 Å². The van der Waals surface area contributed by atoms with Gasteiger partial charge in [-0.3, -0.25) is 4.79 Å². The van der Waals surface area contributed by atoms with Crippen LogP contribution in [0.4, 0.5) is 0 Å². The van der Waals surface area contributed by atoms with E-state index in [1.54, 1.807) is 24.3 Å². The minimum absolute atomic E-state index is 0.0987. The van der Waals surface area contributed by atoms with E-state index in [0.717, 1.165) is 24.0 Å². The average molecular weight is 241 g/mol. The molecule has 2 aromatic carbocycles. The van der Waals surface area contributed by atoms with Crippen LogP contribution in [0.3, 0.4) is 0 Å². The lowest BCUT2D eigenvalue weighted by Gasteiger charge is -2.04. The fourth-order valence-corrected chi connectivity index (χ4v) is 1.75. The molecule has 0 spiro atoms. The van der Waals surface area contributed by atoms with Gasteiger partial charge < -0.3 is 10.2 Å². The van der Waals surface area contributed by atoms with E-state index in [2.05, 4.69) is 0 Å². The summed E-state index contributed by atoms with van der Waals surface area (Å²) in [5.41, 5.74) is 2.61. The van der Waals surface area contributed by atoms with E-state index < -0.39 is 0 Å². The number of aromatic hydroxyl groups is 2. The summed E-state index contributed by atoms with van der Waals surface area (Å²) in [6.45, 7) is 0. The zero-order valence-electron chi connectivity index (χ0n) is 9.76.